The number of carbonyl (C=O) groups is 2. The van der Waals surface area contributed by atoms with E-state index in [1.807, 2.05) is 0 Å². The Balaban J connectivity index is 1.59. The predicted octanol–water partition coefficient (Wildman–Crippen LogP) is 6.19. The zero-order valence-electron chi connectivity index (χ0n) is 16.5. The van der Waals surface area contributed by atoms with E-state index < -0.39 is 21.9 Å². The van der Waals surface area contributed by atoms with Crippen LogP contribution in [0.25, 0.3) is 17.4 Å². The summed E-state index contributed by atoms with van der Waals surface area (Å²) < 4.78 is 19.8. The van der Waals surface area contributed by atoms with Gasteiger partial charge >= 0.3 is 0 Å². The third kappa shape index (κ3) is 4.17. The first-order valence-corrected chi connectivity index (χ1v) is 10.5. The third-order valence-corrected chi connectivity index (χ3v) is 6.11. The van der Waals surface area contributed by atoms with Crippen molar-refractivity contribution in [3.8, 4) is 11.3 Å². The fourth-order valence-electron chi connectivity index (χ4n) is 3.17. The van der Waals surface area contributed by atoms with E-state index in [0.29, 0.717) is 28.8 Å². The fraction of sp³-hybridized carbons (Fsp3) is 0.0909. The minimum absolute atomic E-state index is 0.0548. The van der Waals surface area contributed by atoms with Crippen molar-refractivity contribution in [1.29, 1.82) is 0 Å². The molecule has 0 saturated carbocycles. The lowest BCUT2D eigenvalue weighted by atomic mass is 10.1. The van der Waals surface area contributed by atoms with Gasteiger partial charge in [-0.15, -0.1) is 0 Å². The lowest BCUT2D eigenvalue weighted by Crippen LogP contribution is -2.28. The van der Waals surface area contributed by atoms with Gasteiger partial charge in [-0.05, 0) is 48.5 Å². The second-order valence-electron chi connectivity index (χ2n) is 6.93. The number of hydrogen-bond acceptors (Lipinski definition) is 6. The van der Waals surface area contributed by atoms with E-state index in [1.54, 1.807) is 25.1 Å². The highest BCUT2D eigenvalue weighted by molar-refractivity contribution is 8.18. The highest BCUT2D eigenvalue weighted by Gasteiger charge is 2.36. The summed E-state index contributed by atoms with van der Waals surface area (Å²) in [7, 11) is 0. The van der Waals surface area contributed by atoms with Crippen molar-refractivity contribution < 1.29 is 23.3 Å². The van der Waals surface area contributed by atoms with Crippen LogP contribution in [-0.4, -0.2) is 21.0 Å². The van der Waals surface area contributed by atoms with E-state index in [2.05, 4.69) is 0 Å². The Kier molecular flexibility index (Phi) is 5.86. The molecular weight excluding hydrogens is 459 g/mol. The molecule has 32 heavy (non-hydrogen) atoms. The molecule has 4 rings (SSSR count). The number of non-ortho nitro benzene ring substituents is 1. The average molecular weight is 473 g/mol. The number of nitrogens with zero attached hydrogens (tertiary/aromatic N) is 2. The van der Waals surface area contributed by atoms with Gasteiger partial charge in [-0.25, -0.2) is 4.39 Å². The van der Waals surface area contributed by atoms with Gasteiger partial charge in [0.2, 0.25) is 0 Å². The molecule has 1 aromatic heterocycles. The molecule has 1 fully saturated rings. The van der Waals surface area contributed by atoms with Gasteiger partial charge in [0.25, 0.3) is 16.8 Å². The molecule has 0 radical (unpaired) electrons. The normalized spacial score (nSPS) is 15.1. The van der Waals surface area contributed by atoms with Crippen molar-refractivity contribution in [1.82, 2.24) is 4.90 Å². The van der Waals surface area contributed by atoms with Crippen LogP contribution in [0.1, 0.15) is 16.9 Å². The third-order valence-electron chi connectivity index (χ3n) is 4.85. The molecule has 0 atom stereocenters. The number of nitro groups is 1. The Bertz CT molecular complexity index is 1280. The van der Waals surface area contributed by atoms with Gasteiger partial charge in [0.1, 0.15) is 17.3 Å². The van der Waals surface area contributed by atoms with Crippen LogP contribution >= 0.6 is 23.4 Å². The molecule has 2 heterocycles. The number of imide groups is 1. The van der Waals surface area contributed by atoms with Crippen molar-refractivity contribution in [2.75, 3.05) is 0 Å². The monoisotopic (exact) mass is 472 g/mol. The number of amides is 2. The molecule has 7 nitrogen and oxygen atoms in total. The smallest absolute Gasteiger partial charge is 0.293 e. The topological polar surface area (TPSA) is 93.7 Å². The maximum absolute atomic E-state index is 14.1. The molecule has 0 aliphatic carbocycles. The van der Waals surface area contributed by atoms with Crippen molar-refractivity contribution in [3.63, 3.8) is 0 Å². The van der Waals surface area contributed by atoms with Gasteiger partial charge in [-0.1, -0.05) is 23.7 Å². The predicted molar refractivity (Wildman–Crippen MR) is 118 cm³/mol. The van der Waals surface area contributed by atoms with Crippen LogP contribution in [0.4, 0.5) is 14.9 Å². The quantitative estimate of drug-likeness (QED) is 0.249. The number of benzene rings is 2. The Hall–Kier alpha value is -3.43. The van der Waals surface area contributed by atoms with Crippen LogP contribution in [0.5, 0.6) is 0 Å². The van der Waals surface area contributed by atoms with E-state index in [4.69, 9.17) is 16.0 Å². The second-order valence-corrected chi connectivity index (χ2v) is 8.33. The molecule has 1 aliphatic rings. The zero-order chi connectivity index (χ0) is 23.0. The Labute approximate surface area is 190 Å². The summed E-state index contributed by atoms with van der Waals surface area (Å²) >= 11 is 6.71. The van der Waals surface area contributed by atoms with E-state index in [-0.39, 0.29) is 27.7 Å². The van der Waals surface area contributed by atoms with E-state index in [9.17, 15) is 24.1 Å². The SMILES string of the molecule is Cc1ccc([N+](=O)[O-])cc1-c1ccc(/C=C2\SC(=O)N(Cc3c(F)cccc3Cl)C2=O)o1. The number of nitro benzene ring substituents is 1. The van der Waals surface area contributed by atoms with Gasteiger partial charge < -0.3 is 4.42 Å². The number of thioether (sulfide) groups is 1. The molecule has 3 aromatic rings. The van der Waals surface area contributed by atoms with Crippen LogP contribution in [0.3, 0.4) is 0 Å². The molecule has 0 bridgehead atoms. The van der Waals surface area contributed by atoms with Crippen LogP contribution in [-0.2, 0) is 11.3 Å². The minimum atomic E-state index is -0.608. The molecule has 1 aliphatic heterocycles. The highest BCUT2D eigenvalue weighted by Crippen LogP contribution is 2.36. The number of carbonyl (C=O) groups excluding carboxylic acids is 2. The molecule has 0 N–H and O–H groups in total. The van der Waals surface area contributed by atoms with Gasteiger partial charge in [0.15, 0.2) is 0 Å². The van der Waals surface area contributed by atoms with Crippen LogP contribution in [0, 0.1) is 22.9 Å². The first-order chi connectivity index (χ1) is 15.2. The molecule has 1 saturated heterocycles. The molecule has 2 aromatic carbocycles. The van der Waals surface area contributed by atoms with Gasteiger partial charge in [0, 0.05) is 34.4 Å². The molecule has 0 unspecified atom stereocenters. The first kappa shape index (κ1) is 21.8. The Morgan fingerprint density at radius 3 is 2.72 bits per heavy atom. The summed E-state index contributed by atoms with van der Waals surface area (Å²) in [6.45, 7) is 1.50. The summed E-state index contributed by atoms with van der Waals surface area (Å²) in [4.78, 5) is 36.7. The van der Waals surface area contributed by atoms with Crippen molar-refractivity contribution >= 4 is 46.3 Å². The van der Waals surface area contributed by atoms with Crippen molar-refractivity contribution in [2.45, 2.75) is 13.5 Å². The summed E-state index contributed by atoms with van der Waals surface area (Å²) in [5.74, 6) is -0.525. The standard InChI is InChI=1S/C22H14ClFN2O5S/c1-12-5-6-13(26(29)30)9-15(12)19-8-7-14(31-19)10-20-21(27)25(22(28)32-20)11-16-17(23)3-2-4-18(16)24/h2-10H,11H2,1H3/b20-10-. The molecule has 10 heteroatoms. The second kappa shape index (κ2) is 8.60. The van der Waals surface area contributed by atoms with E-state index in [0.717, 1.165) is 10.5 Å². The minimum Gasteiger partial charge on any atom is -0.457 e. The summed E-state index contributed by atoms with van der Waals surface area (Å²) in [6, 6.07) is 11.8. The number of rotatable bonds is 5. The van der Waals surface area contributed by atoms with Crippen LogP contribution < -0.4 is 0 Å². The molecule has 162 valence electrons. The zero-order valence-corrected chi connectivity index (χ0v) is 18.1. The lowest BCUT2D eigenvalue weighted by molar-refractivity contribution is -0.384. The van der Waals surface area contributed by atoms with Crippen molar-refractivity contribution in [3.05, 3.63) is 91.3 Å². The van der Waals surface area contributed by atoms with Crippen molar-refractivity contribution in [2.24, 2.45) is 0 Å². The van der Waals surface area contributed by atoms with Gasteiger partial charge in [0.05, 0.1) is 16.4 Å². The summed E-state index contributed by atoms with van der Waals surface area (Å²) in [5, 5.41) is 10.6. The summed E-state index contributed by atoms with van der Waals surface area (Å²) in [6.07, 6.45) is 1.41. The maximum atomic E-state index is 14.1. The van der Waals surface area contributed by atoms with E-state index >= 15 is 0 Å². The summed E-state index contributed by atoms with van der Waals surface area (Å²) in [5.41, 5.74) is 1.30. The average Bonchev–Trinajstić information content (AvgIpc) is 3.30. The van der Waals surface area contributed by atoms with Crippen LogP contribution in [0.15, 0.2) is 57.9 Å². The Morgan fingerprint density at radius 1 is 1.22 bits per heavy atom. The van der Waals surface area contributed by atoms with Gasteiger partial charge in [-0.2, -0.15) is 0 Å². The first-order valence-electron chi connectivity index (χ1n) is 9.28. The van der Waals surface area contributed by atoms with E-state index in [1.165, 1.54) is 36.4 Å². The fourth-order valence-corrected chi connectivity index (χ4v) is 4.21. The highest BCUT2D eigenvalue weighted by atomic mass is 35.5. The largest absolute Gasteiger partial charge is 0.457 e. The number of furan rings is 1. The molecular formula is C22H14ClFN2O5S. The number of hydrogen-bond donors (Lipinski definition) is 0. The molecule has 0 spiro atoms. The van der Waals surface area contributed by atoms with Crippen LogP contribution in [0.2, 0.25) is 5.02 Å². The number of aryl methyl sites for hydroxylation is 1. The van der Waals surface area contributed by atoms with Gasteiger partial charge in [-0.3, -0.25) is 24.6 Å². The lowest BCUT2D eigenvalue weighted by Gasteiger charge is -2.14. The maximum Gasteiger partial charge on any atom is 0.293 e. The number of halogens is 2. The Morgan fingerprint density at radius 2 is 2.00 bits per heavy atom. The molecule has 2 amide bonds.